The summed E-state index contributed by atoms with van der Waals surface area (Å²) in [5.41, 5.74) is 7.95. The summed E-state index contributed by atoms with van der Waals surface area (Å²) in [7, 11) is 0. The maximum absolute atomic E-state index is 2.83. The van der Waals surface area contributed by atoms with Crippen molar-refractivity contribution in [2.75, 3.05) is 6.54 Å². The lowest BCUT2D eigenvalue weighted by molar-refractivity contribution is 0.0830. The summed E-state index contributed by atoms with van der Waals surface area (Å²) in [4.78, 5) is 2.83. The molecule has 2 bridgehead atoms. The molecule has 0 saturated heterocycles. The zero-order chi connectivity index (χ0) is 18.1. The molecule has 0 radical (unpaired) electrons. The molecule has 0 aromatic heterocycles. The summed E-state index contributed by atoms with van der Waals surface area (Å²) < 4.78 is 0. The van der Waals surface area contributed by atoms with E-state index in [0.29, 0.717) is 11.5 Å². The van der Waals surface area contributed by atoms with Crippen LogP contribution in [-0.2, 0) is 17.4 Å². The van der Waals surface area contributed by atoms with Gasteiger partial charge in [0.05, 0.1) is 5.54 Å². The van der Waals surface area contributed by atoms with Crippen LogP contribution >= 0.6 is 0 Å². The predicted molar refractivity (Wildman–Crippen MR) is 110 cm³/mol. The van der Waals surface area contributed by atoms with E-state index in [9.17, 15) is 0 Å². The van der Waals surface area contributed by atoms with Crippen LogP contribution in [0.5, 0.6) is 0 Å². The topological polar surface area (TPSA) is 3.24 Å². The van der Waals surface area contributed by atoms with E-state index >= 15 is 0 Å². The van der Waals surface area contributed by atoms with E-state index < -0.39 is 0 Å². The molecule has 1 heteroatoms. The van der Waals surface area contributed by atoms with E-state index in [0.717, 1.165) is 13.0 Å². The van der Waals surface area contributed by atoms with Gasteiger partial charge in [0.25, 0.3) is 0 Å². The quantitative estimate of drug-likeness (QED) is 0.594. The van der Waals surface area contributed by atoms with Crippen LogP contribution in [-0.4, -0.2) is 11.4 Å². The van der Waals surface area contributed by atoms with Crippen molar-refractivity contribution >= 4 is 0 Å². The first-order valence-electron chi connectivity index (χ1n) is 10.2. The highest BCUT2D eigenvalue weighted by molar-refractivity contribution is 5.55. The highest BCUT2D eigenvalue weighted by Crippen LogP contribution is 2.59. The highest BCUT2D eigenvalue weighted by atomic mass is 15.3. The zero-order valence-corrected chi connectivity index (χ0v) is 15.9. The third kappa shape index (κ3) is 2.04. The Balaban J connectivity index is 1.50. The van der Waals surface area contributed by atoms with Crippen molar-refractivity contribution in [2.24, 2.45) is 0 Å². The molecular weight excluding hydrogens is 326 g/mol. The molecule has 3 aromatic rings. The lowest BCUT2D eigenvalue weighted by atomic mass is 9.79. The second kappa shape index (κ2) is 5.33. The molecule has 3 aliphatic rings. The van der Waals surface area contributed by atoms with Crippen molar-refractivity contribution in [3.63, 3.8) is 0 Å². The molecule has 2 aliphatic heterocycles. The summed E-state index contributed by atoms with van der Waals surface area (Å²) >= 11 is 0. The molecule has 1 aliphatic carbocycles. The van der Waals surface area contributed by atoms with Crippen molar-refractivity contribution in [3.05, 3.63) is 107 Å². The van der Waals surface area contributed by atoms with Crippen molar-refractivity contribution in [2.45, 2.75) is 43.2 Å². The van der Waals surface area contributed by atoms with Gasteiger partial charge in [-0.15, -0.1) is 0 Å². The van der Waals surface area contributed by atoms with Gasteiger partial charge in [-0.25, -0.2) is 0 Å². The van der Waals surface area contributed by atoms with Crippen molar-refractivity contribution in [1.29, 1.82) is 0 Å². The molecule has 0 spiro atoms. The lowest BCUT2D eigenvalue weighted by Crippen LogP contribution is -2.48. The minimum Gasteiger partial charge on any atom is -0.282 e. The Hall–Kier alpha value is -2.38. The standard InChI is InChI=1S/C26H25N/c1-25-22-13-7-5-9-19(22)17-24(21-12-6-8-14-23(21)25)27(25)18-26(15-16-26)20-10-3-2-4-11-20/h2-14,24H,15-18H2,1H3/t24-,25+/m1/s1. The second-order valence-corrected chi connectivity index (χ2v) is 8.81. The fourth-order valence-corrected chi connectivity index (χ4v) is 5.84. The average molecular weight is 351 g/mol. The number of hydrogen-bond acceptors (Lipinski definition) is 1. The van der Waals surface area contributed by atoms with Gasteiger partial charge in [-0.3, -0.25) is 4.90 Å². The SMILES string of the molecule is C[C@]12c3ccccc3C[C@H](c3ccccc31)N2CC1(c2ccccc2)CC1. The van der Waals surface area contributed by atoms with E-state index in [4.69, 9.17) is 0 Å². The predicted octanol–water partition coefficient (Wildman–Crippen LogP) is 5.59. The fourth-order valence-electron chi connectivity index (χ4n) is 5.84. The summed E-state index contributed by atoms with van der Waals surface area (Å²) in [5, 5.41) is 0. The Morgan fingerprint density at radius 1 is 0.815 bits per heavy atom. The van der Waals surface area contributed by atoms with Crippen molar-refractivity contribution in [3.8, 4) is 0 Å². The van der Waals surface area contributed by atoms with Gasteiger partial charge in [0.2, 0.25) is 0 Å². The first kappa shape index (κ1) is 15.7. The van der Waals surface area contributed by atoms with Crippen LogP contribution in [0.4, 0.5) is 0 Å². The third-order valence-corrected chi connectivity index (χ3v) is 7.46. The molecule has 1 nitrogen and oxygen atoms in total. The van der Waals surface area contributed by atoms with E-state index in [1.165, 1.54) is 35.1 Å². The van der Waals surface area contributed by atoms with Crippen LogP contribution in [0.15, 0.2) is 78.9 Å². The Bertz CT molecular complexity index is 1000. The summed E-state index contributed by atoms with van der Waals surface area (Å²) in [6, 6.07) is 30.0. The largest absolute Gasteiger partial charge is 0.282 e. The fraction of sp³-hybridized carbons (Fsp3) is 0.308. The monoisotopic (exact) mass is 351 g/mol. The minimum absolute atomic E-state index is 0.0134. The molecule has 1 fully saturated rings. The van der Waals surface area contributed by atoms with E-state index in [1.807, 2.05) is 0 Å². The van der Waals surface area contributed by atoms with Crippen LogP contribution in [0.3, 0.4) is 0 Å². The van der Waals surface area contributed by atoms with Crippen LogP contribution < -0.4 is 0 Å². The van der Waals surface area contributed by atoms with Gasteiger partial charge >= 0.3 is 0 Å². The van der Waals surface area contributed by atoms with Gasteiger partial charge < -0.3 is 0 Å². The van der Waals surface area contributed by atoms with Crippen molar-refractivity contribution < 1.29 is 0 Å². The first-order chi connectivity index (χ1) is 13.2. The summed E-state index contributed by atoms with van der Waals surface area (Å²) in [5.74, 6) is 0. The minimum atomic E-state index is -0.0134. The number of benzene rings is 3. The van der Waals surface area contributed by atoms with E-state index in [1.54, 1.807) is 5.56 Å². The normalized spacial score (nSPS) is 27.1. The van der Waals surface area contributed by atoms with Gasteiger partial charge in [0, 0.05) is 18.0 Å². The van der Waals surface area contributed by atoms with Crippen LogP contribution in [0, 0.1) is 0 Å². The maximum atomic E-state index is 2.83. The molecule has 27 heavy (non-hydrogen) atoms. The molecule has 6 rings (SSSR count). The average Bonchev–Trinajstić information content (AvgIpc) is 3.49. The van der Waals surface area contributed by atoms with Crippen LogP contribution in [0.1, 0.15) is 53.6 Å². The second-order valence-electron chi connectivity index (χ2n) is 8.81. The maximum Gasteiger partial charge on any atom is 0.0698 e. The first-order valence-corrected chi connectivity index (χ1v) is 10.2. The van der Waals surface area contributed by atoms with Gasteiger partial charge in [0.1, 0.15) is 0 Å². The van der Waals surface area contributed by atoms with Crippen LogP contribution in [0.2, 0.25) is 0 Å². The smallest absolute Gasteiger partial charge is 0.0698 e. The number of rotatable bonds is 3. The molecular formula is C26H25N. The number of fused-ring (bicyclic) bond motifs is 7. The third-order valence-electron chi connectivity index (χ3n) is 7.46. The molecule has 0 amide bonds. The van der Waals surface area contributed by atoms with E-state index in [-0.39, 0.29) is 5.54 Å². The summed E-state index contributed by atoms with van der Waals surface area (Å²) in [6.45, 7) is 3.62. The number of hydrogen-bond donors (Lipinski definition) is 0. The number of nitrogens with zero attached hydrogens (tertiary/aromatic N) is 1. The Morgan fingerprint density at radius 3 is 2.26 bits per heavy atom. The van der Waals surface area contributed by atoms with Crippen LogP contribution in [0.25, 0.3) is 0 Å². The lowest BCUT2D eigenvalue weighted by Gasteiger charge is -2.46. The van der Waals surface area contributed by atoms with Gasteiger partial charge in [0.15, 0.2) is 0 Å². The molecule has 0 unspecified atom stereocenters. The molecule has 134 valence electrons. The molecule has 0 N–H and O–H groups in total. The Kier molecular flexibility index (Phi) is 3.09. The molecule has 1 saturated carbocycles. The Labute approximate surface area is 161 Å². The Morgan fingerprint density at radius 2 is 1.48 bits per heavy atom. The molecule has 3 aromatic carbocycles. The van der Waals surface area contributed by atoms with Gasteiger partial charge in [-0.05, 0) is 54.0 Å². The zero-order valence-electron chi connectivity index (χ0n) is 15.9. The molecule has 2 atom stereocenters. The molecule has 2 heterocycles. The van der Waals surface area contributed by atoms with E-state index in [2.05, 4.69) is 90.7 Å². The van der Waals surface area contributed by atoms with Gasteiger partial charge in [-0.1, -0.05) is 78.9 Å². The highest BCUT2D eigenvalue weighted by Gasteiger charge is 2.56. The van der Waals surface area contributed by atoms with Crippen molar-refractivity contribution in [1.82, 2.24) is 4.90 Å². The summed E-state index contributed by atoms with van der Waals surface area (Å²) in [6.07, 6.45) is 3.76. The van der Waals surface area contributed by atoms with Gasteiger partial charge in [-0.2, -0.15) is 0 Å².